The van der Waals surface area contributed by atoms with Crippen molar-refractivity contribution in [3.63, 3.8) is 0 Å². The summed E-state index contributed by atoms with van der Waals surface area (Å²) in [7, 11) is 0. The van der Waals surface area contributed by atoms with Crippen molar-refractivity contribution in [1.29, 1.82) is 0 Å². The van der Waals surface area contributed by atoms with E-state index in [1.165, 1.54) is 12.1 Å². The highest BCUT2D eigenvalue weighted by molar-refractivity contribution is 5.53. The largest absolute Gasteiger partial charge is 0.416 e. The molecule has 27 heavy (non-hydrogen) atoms. The highest BCUT2D eigenvalue weighted by Gasteiger charge is 2.50. The van der Waals surface area contributed by atoms with Crippen LogP contribution in [-0.2, 0) is 25.4 Å². The van der Waals surface area contributed by atoms with Gasteiger partial charge in [0.15, 0.2) is 0 Å². The molecule has 0 amide bonds. The van der Waals surface area contributed by atoms with Gasteiger partial charge in [-0.1, -0.05) is 30.3 Å². The third-order valence-electron chi connectivity index (χ3n) is 5.58. The van der Waals surface area contributed by atoms with E-state index >= 15 is 0 Å². The molecule has 6 heteroatoms. The molecule has 0 saturated heterocycles. The molecule has 1 atom stereocenters. The van der Waals surface area contributed by atoms with Crippen LogP contribution in [0.15, 0.2) is 36.4 Å². The lowest BCUT2D eigenvalue weighted by molar-refractivity contribution is -0.137. The first-order valence-electron chi connectivity index (χ1n) is 9.16. The SMILES string of the molecule is FC(F)(F)c1cccc(C2c3c(ccc4c3CCCNCC4)CC2(F)F)c1. The summed E-state index contributed by atoms with van der Waals surface area (Å²) >= 11 is 0. The van der Waals surface area contributed by atoms with Gasteiger partial charge in [0.25, 0.3) is 5.92 Å². The van der Waals surface area contributed by atoms with E-state index in [-0.39, 0.29) is 5.56 Å². The van der Waals surface area contributed by atoms with Gasteiger partial charge in [-0.05, 0) is 66.2 Å². The minimum atomic E-state index is -4.55. The summed E-state index contributed by atoms with van der Waals surface area (Å²) in [6, 6.07) is 8.08. The van der Waals surface area contributed by atoms with E-state index < -0.39 is 30.0 Å². The average Bonchev–Trinajstić information content (AvgIpc) is 2.84. The van der Waals surface area contributed by atoms with E-state index in [0.29, 0.717) is 17.5 Å². The Balaban J connectivity index is 1.87. The van der Waals surface area contributed by atoms with Gasteiger partial charge in [0.05, 0.1) is 11.5 Å². The Morgan fingerprint density at radius 1 is 0.963 bits per heavy atom. The van der Waals surface area contributed by atoms with Crippen molar-refractivity contribution in [2.75, 3.05) is 13.1 Å². The summed E-state index contributed by atoms with van der Waals surface area (Å²) < 4.78 is 69.3. The number of alkyl halides is 5. The zero-order valence-corrected chi connectivity index (χ0v) is 14.7. The van der Waals surface area contributed by atoms with Crippen molar-refractivity contribution < 1.29 is 22.0 Å². The van der Waals surface area contributed by atoms with E-state index in [1.54, 1.807) is 6.07 Å². The summed E-state index contributed by atoms with van der Waals surface area (Å²) in [5, 5.41) is 3.31. The maximum Gasteiger partial charge on any atom is 0.416 e. The maximum atomic E-state index is 15.0. The number of rotatable bonds is 1. The second-order valence-corrected chi connectivity index (χ2v) is 7.37. The van der Waals surface area contributed by atoms with Gasteiger partial charge in [-0.3, -0.25) is 0 Å². The molecular formula is C21H20F5N. The first-order valence-corrected chi connectivity index (χ1v) is 9.16. The molecule has 0 spiro atoms. The first kappa shape index (κ1) is 18.4. The van der Waals surface area contributed by atoms with Crippen molar-refractivity contribution in [3.8, 4) is 0 Å². The molecule has 4 rings (SSSR count). The van der Waals surface area contributed by atoms with Gasteiger partial charge in [-0.2, -0.15) is 13.2 Å². The van der Waals surface area contributed by atoms with E-state index in [2.05, 4.69) is 5.32 Å². The van der Waals surface area contributed by atoms with Gasteiger partial charge in [0.2, 0.25) is 0 Å². The smallest absolute Gasteiger partial charge is 0.316 e. The van der Waals surface area contributed by atoms with E-state index in [1.807, 2.05) is 6.07 Å². The van der Waals surface area contributed by atoms with Crippen molar-refractivity contribution in [2.45, 2.75) is 43.7 Å². The highest BCUT2D eigenvalue weighted by atomic mass is 19.4. The summed E-state index contributed by atoms with van der Waals surface area (Å²) in [6.45, 7) is 1.59. The molecule has 2 aromatic carbocycles. The molecule has 0 fully saturated rings. The second-order valence-electron chi connectivity index (χ2n) is 7.37. The highest BCUT2D eigenvalue weighted by Crippen LogP contribution is 2.51. The Morgan fingerprint density at radius 3 is 2.52 bits per heavy atom. The predicted octanol–water partition coefficient (Wildman–Crippen LogP) is 5.11. The molecular weight excluding hydrogens is 361 g/mol. The van der Waals surface area contributed by atoms with Crippen LogP contribution in [0.2, 0.25) is 0 Å². The van der Waals surface area contributed by atoms with Gasteiger partial charge >= 0.3 is 6.18 Å². The van der Waals surface area contributed by atoms with Crippen LogP contribution in [0, 0.1) is 0 Å². The van der Waals surface area contributed by atoms with Crippen molar-refractivity contribution >= 4 is 0 Å². The molecule has 0 radical (unpaired) electrons. The molecule has 0 aromatic heterocycles. The minimum Gasteiger partial charge on any atom is -0.316 e. The molecule has 144 valence electrons. The Morgan fingerprint density at radius 2 is 1.74 bits per heavy atom. The summed E-state index contributed by atoms with van der Waals surface area (Å²) in [5.41, 5.74) is 2.21. The summed E-state index contributed by atoms with van der Waals surface area (Å²) in [5.74, 6) is -4.42. The van der Waals surface area contributed by atoms with Gasteiger partial charge in [0.1, 0.15) is 0 Å². The maximum absolute atomic E-state index is 15.0. The first-order chi connectivity index (χ1) is 12.8. The fourth-order valence-electron chi connectivity index (χ4n) is 4.41. The Hall–Kier alpha value is -1.95. The monoisotopic (exact) mass is 381 g/mol. The normalized spacial score (nSPS) is 21.9. The Labute approximate surface area is 154 Å². The van der Waals surface area contributed by atoms with Crippen LogP contribution in [0.1, 0.15) is 45.7 Å². The third kappa shape index (κ3) is 3.35. The van der Waals surface area contributed by atoms with Gasteiger partial charge < -0.3 is 5.32 Å². The molecule has 1 unspecified atom stereocenters. The fraction of sp³-hybridized carbons (Fsp3) is 0.429. The van der Waals surface area contributed by atoms with Crippen LogP contribution in [0.3, 0.4) is 0 Å². The zero-order chi connectivity index (χ0) is 19.2. The van der Waals surface area contributed by atoms with Crippen molar-refractivity contribution in [2.24, 2.45) is 0 Å². The van der Waals surface area contributed by atoms with Gasteiger partial charge in [0, 0.05) is 6.42 Å². The number of fused-ring (bicyclic) bond motifs is 3. The quantitative estimate of drug-likeness (QED) is 0.677. The van der Waals surface area contributed by atoms with Gasteiger partial charge in [-0.15, -0.1) is 0 Å². The molecule has 0 saturated carbocycles. The fourth-order valence-corrected chi connectivity index (χ4v) is 4.41. The number of hydrogen-bond donors (Lipinski definition) is 1. The summed E-state index contributed by atoms with van der Waals surface area (Å²) in [6.07, 6.45) is -2.75. The second kappa shape index (κ2) is 6.59. The Kier molecular flexibility index (Phi) is 4.49. The average molecular weight is 381 g/mol. The lowest BCUT2D eigenvalue weighted by Crippen LogP contribution is -2.25. The van der Waals surface area contributed by atoms with Crippen LogP contribution in [0.4, 0.5) is 22.0 Å². The Bertz CT molecular complexity index is 856. The molecule has 1 aliphatic carbocycles. The van der Waals surface area contributed by atoms with Crippen LogP contribution in [0.5, 0.6) is 0 Å². The minimum absolute atomic E-state index is 0.0437. The number of halogens is 5. The van der Waals surface area contributed by atoms with Crippen LogP contribution in [-0.4, -0.2) is 19.0 Å². The third-order valence-corrected chi connectivity index (χ3v) is 5.58. The van der Waals surface area contributed by atoms with Crippen LogP contribution < -0.4 is 5.32 Å². The molecule has 1 heterocycles. The molecule has 0 bridgehead atoms. The van der Waals surface area contributed by atoms with Crippen LogP contribution >= 0.6 is 0 Å². The van der Waals surface area contributed by atoms with Crippen molar-refractivity contribution in [1.82, 2.24) is 5.32 Å². The summed E-state index contributed by atoms with van der Waals surface area (Å²) in [4.78, 5) is 0. The lowest BCUT2D eigenvalue weighted by atomic mass is 9.83. The topological polar surface area (TPSA) is 12.0 Å². The standard InChI is InChI=1S/C21H20F5N/c22-20(23)12-15-7-6-13-8-10-27-9-2-5-17(13)18(15)19(20)14-3-1-4-16(11-14)21(24,25)26/h1,3-4,6-7,11,19,27H,2,5,8-10,12H2. The van der Waals surface area contributed by atoms with Crippen LogP contribution in [0.25, 0.3) is 0 Å². The zero-order valence-electron chi connectivity index (χ0n) is 14.7. The lowest BCUT2D eigenvalue weighted by Gasteiger charge is -2.25. The molecule has 2 aromatic rings. The van der Waals surface area contributed by atoms with E-state index in [0.717, 1.165) is 49.2 Å². The molecule has 2 aliphatic rings. The van der Waals surface area contributed by atoms with Gasteiger partial charge in [-0.25, -0.2) is 8.78 Å². The number of nitrogens with one attached hydrogen (secondary N) is 1. The predicted molar refractivity (Wildman–Crippen MR) is 93.3 cm³/mol. The number of benzene rings is 2. The number of hydrogen-bond acceptors (Lipinski definition) is 1. The molecule has 1 N–H and O–H groups in total. The molecule has 1 nitrogen and oxygen atoms in total. The van der Waals surface area contributed by atoms with E-state index in [4.69, 9.17) is 0 Å². The molecule has 1 aliphatic heterocycles. The van der Waals surface area contributed by atoms with E-state index in [9.17, 15) is 22.0 Å². The van der Waals surface area contributed by atoms with Crippen molar-refractivity contribution in [3.05, 3.63) is 69.8 Å².